The number of aliphatic carboxylic acids is 1. The molecule has 3 aromatic rings. The van der Waals surface area contributed by atoms with E-state index in [1.165, 1.54) is 4.90 Å². The van der Waals surface area contributed by atoms with Crippen molar-refractivity contribution in [3.8, 4) is 11.1 Å². The SMILES string of the molecule is CC(NC(=O)OCC1c2ccccc2-c2ccccc21)C(=O)N1CC(C(=O)O)Cc2ccccc21. The summed E-state index contributed by atoms with van der Waals surface area (Å²) < 4.78 is 5.56. The summed E-state index contributed by atoms with van der Waals surface area (Å²) in [6.45, 7) is 1.78. The average Bonchev–Trinajstić information content (AvgIpc) is 3.20. The van der Waals surface area contributed by atoms with Crippen LogP contribution in [0.15, 0.2) is 72.8 Å². The number of carbonyl (C=O) groups is 3. The number of nitrogens with one attached hydrogen (secondary N) is 1. The molecule has 0 saturated heterocycles. The lowest BCUT2D eigenvalue weighted by molar-refractivity contribution is -0.141. The highest BCUT2D eigenvalue weighted by Gasteiger charge is 2.35. The third-order valence-corrected chi connectivity index (χ3v) is 6.82. The van der Waals surface area contributed by atoms with Crippen molar-refractivity contribution >= 4 is 23.7 Å². The van der Waals surface area contributed by atoms with Crippen molar-refractivity contribution in [1.29, 1.82) is 0 Å². The van der Waals surface area contributed by atoms with E-state index < -0.39 is 24.0 Å². The molecule has 1 aliphatic carbocycles. The van der Waals surface area contributed by atoms with Gasteiger partial charge >= 0.3 is 12.1 Å². The Morgan fingerprint density at radius 1 is 0.971 bits per heavy atom. The number of ether oxygens (including phenoxy) is 1. The lowest BCUT2D eigenvalue weighted by Gasteiger charge is -2.34. The van der Waals surface area contributed by atoms with Crippen molar-refractivity contribution in [2.75, 3.05) is 18.1 Å². The number of carboxylic acids is 1. The third-order valence-electron chi connectivity index (χ3n) is 6.82. The number of fused-ring (bicyclic) bond motifs is 4. The van der Waals surface area contributed by atoms with Gasteiger partial charge < -0.3 is 20.1 Å². The monoisotopic (exact) mass is 470 g/mol. The van der Waals surface area contributed by atoms with Crippen LogP contribution in [0.3, 0.4) is 0 Å². The summed E-state index contributed by atoms with van der Waals surface area (Å²) in [5, 5.41) is 12.2. The Hall–Kier alpha value is -4.13. The van der Waals surface area contributed by atoms with E-state index in [1.54, 1.807) is 13.0 Å². The molecule has 2 N–H and O–H groups in total. The Kier molecular flexibility index (Phi) is 5.99. The average molecular weight is 471 g/mol. The number of carbonyl (C=O) groups excluding carboxylic acids is 2. The Morgan fingerprint density at radius 3 is 2.23 bits per heavy atom. The Bertz CT molecular complexity index is 1260. The number of carboxylic acid groups (broad SMARTS) is 1. The minimum atomic E-state index is -0.950. The first-order chi connectivity index (χ1) is 16.9. The highest BCUT2D eigenvalue weighted by atomic mass is 16.5. The maximum atomic E-state index is 13.2. The van der Waals surface area contributed by atoms with E-state index in [1.807, 2.05) is 54.6 Å². The van der Waals surface area contributed by atoms with Crippen molar-refractivity contribution < 1.29 is 24.2 Å². The van der Waals surface area contributed by atoms with Gasteiger partial charge in [0.15, 0.2) is 0 Å². The molecule has 0 aromatic heterocycles. The molecule has 0 saturated carbocycles. The van der Waals surface area contributed by atoms with Crippen molar-refractivity contribution in [2.45, 2.75) is 25.3 Å². The molecule has 0 radical (unpaired) electrons. The minimum Gasteiger partial charge on any atom is -0.481 e. The summed E-state index contributed by atoms with van der Waals surface area (Å²) in [6.07, 6.45) is -0.323. The fourth-order valence-corrected chi connectivity index (χ4v) is 5.08. The van der Waals surface area contributed by atoms with Crippen LogP contribution < -0.4 is 10.2 Å². The van der Waals surface area contributed by atoms with Crippen LogP contribution in [0.25, 0.3) is 11.1 Å². The number of nitrogens with zero attached hydrogens (tertiary/aromatic N) is 1. The standard InChI is InChI=1S/C28H26N2O5/c1-17(26(31)30-15-19(27(32)33)14-18-8-2-7-13-25(18)30)29-28(34)35-16-24-22-11-5-3-9-20(22)21-10-4-6-12-23(21)24/h2-13,17,19,24H,14-16H2,1H3,(H,29,34)(H,32,33). The Balaban J connectivity index is 1.26. The van der Waals surface area contributed by atoms with Crippen molar-refractivity contribution in [2.24, 2.45) is 5.92 Å². The van der Waals surface area contributed by atoms with Gasteiger partial charge in [0.05, 0.1) is 5.92 Å². The summed E-state index contributed by atoms with van der Waals surface area (Å²) in [5.74, 6) is -2.11. The van der Waals surface area contributed by atoms with Crippen LogP contribution in [0.5, 0.6) is 0 Å². The van der Waals surface area contributed by atoms with Crippen molar-refractivity contribution in [3.63, 3.8) is 0 Å². The molecule has 35 heavy (non-hydrogen) atoms. The van der Waals surface area contributed by atoms with Gasteiger partial charge in [-0.25, -0.2) is 4.79 Å². The number of benzene rings is 3. The fourth-order valence-electron chi connectivity index (χ4n) is 5.08. The largest absolute Gasteiger partial charge is 0.481 e. The van der Waals surface area contributed by atoms with Gasteiger partial charge in [-0.3, -0.25) is 9.59 Å². The minimum absolute atomic E-state index is 0.0574. The van der Waals surface area contributed by atoms with Crippen molar-refractivity contribution in [3.05, 3.63) is 89.5 Å². The third kappa shape index (κ3) is 4.25. The molecule has 2 amide bonds. The summed E-state index contributed by atoms with van der Waals surface area (Å²) in [6, 6.07) is 22.5. The normalized spacial score (nSPS) is 17.1. The second-order valence-electron chi connectivity index (χ2n) is 9.01. The molecular weight excluding hydrogens is 444 g/mol. The lowest BCUT2D eigenvalue weighted by Crippen LogP contribution is -2.51. The van der Waals surface area contributed by atoms with Gasteiger partial charge in [0, 0.05) is 18.2 Å². The van der Waals surface area contributed by atoms with E-state index in [2.05, 4.69) is 17.4 Å². The van der Waals surface area contributed by atoms with Crippen LogP contribution in [0.4, 0.5) is 10.5 Å². The number of rotatable bonds is 5. The van der Waals surface area contributed by atoms with Gasteiger partial charge in [0.25, 0.3) is 0 Å². The second-order valence-corrected chi connectivity index (χ2v) is 9.01. The predicted molar refractivity (Wildman–Crippen MR) is 131 cm³/mol. The summed E-state index contributed by atoms with van der Waals surface area (Å²) in [4.78, 5) is 38.9. The summed E-state index contributed by atoms with van der Waals surface area (Å²) in [5.41, 5.74) is 5.96. The predicted octanol–water partition coefficient (Wildman–Crippen LogP) is 4.20. The van der Waals surface area contributed by atoms with Crippen LogP contribution in [0.2, 0.25) is 0 Å². The van der Waals surface area contributed by atoms with Gasteiger partial charge in [-0.15, -0.1) is 0 Å². The molecule has 178 valence electrons. The number of amides is 2. The van der Waals surface area contributed by atoms with E-state index in [9.17, 15) is 19.5 Å². The molecule has 0 spiro atoms. The van der Waals surface area contributed by atoms with Gasteiger partial charge in [-0.2, -0.15) is 0 Å². The van der Waals surface area contributed by atoms with Crippen LogP contribution in [0.1, 0.15) is 29.5 Å². The molecular formula is C28H26N2O5. The van der Waals surface area contributed by atoms with Crippen LogP contribution in [-0.4, -0.2) is 42.3 Å². The number of hydrogen-bond acceptors (Lipinski definition) is 4. The molecule has 7 heteroatoms. The molecule has 0 fully saturated rings. The highest BCUT2D eigenvalue weighted by molar-refractivity contribution is 6.00. The number of alkyl carbamates (subject to hydrolysis) is 1. The van der Waals surface area contributed by atoms with Gasteiger partial charge in [0.2, 0.25) is 5.91 Å². The zero-order valence-corrected chi connectivity index (χ0v) is 19.3. The molecule has 0 bridgehead atoms. The summed E-state index contributed by atoms with van der Waals surface area (Å²) in [7, 11) is 0. The first-order valence-electron chi connectivity index (χ1n) is 11.7. The van der Waals surface area contributed by atoms with Crippen LogP contribution in [-0.2, 0) is 20.7 Å². The molecule has 1 heterocycles. The Labute approximate surface area is 203 Å². The van der Waals surface area contributed by atoms with E-state index in [-0.39, 0.29) is 25.0 Å². The second kappa shape index (κ2) is 9.25. The summed E-state index contributed by atoms with van der Waals surface area (Å²) >= 11 is 0. The van der Waals surface area contributed by atoms with Crippen LogP contribution >= 0.6 is 0 Å². The molecule has 1 aliphatic heterocycles. The fraction of sp³-hybridized carbons (Fsp3) is 0.250. The smallest absolute Gasteiger partial charge is 0.407 e. The molecule has 3 aromatic carbocycles. The number of para-hydroxylation sites is 1. The van der Waals surface area contributed by atoms with E-state index >= 15 is 0 Å². The first-order valence-corrected chi connectivity index (χ1v) is 11.7. The molecule has 5 rings (SSSR count). The molecule has 2 unspecified atom stereocenters. The van der Waals surface area contributed by atoms with E-state index in [0.717, 1.165) is 27.8 Å². The van der Waals surface area contributed by atoms with Gasteiger partial charge in [-0.1, -0.05) is 66.7 Å². The highest BCUT2D eigenvalue weighted by Crippen LogP contribution is 2.44. The number of hydrogen-bond donors (Lipinski definition) is 2. The van der Waals surface area contributed by atoms with Crippen molar-refractivity contribution in [1.82, 2.24) is 5.32 Å². The first kappa shape index (κ1) is 22.7. The van der Waals surface area contributed by atoms with Crippen LogP contribution in [0, 0.1) is 5.92 Å². The lowest BCUT2D eigenvalue weighted by atomic mass is 9.92. The van der Waals surface area contributed by atoms with Gasteiger partial charge in [0.1, 0.15) is 12.6 Å². The zero-order valence-electron chi connectivity index (χ0n) is 19.3. The maximum absolute atomic E-state index is 13.2. The maximum Gasteiger partial charge on any atom is 0.407 e. The quantitative estimate of drug-likeness (QED) is 0.583. The van der Waals surface area contributed by atoms with E-state index in [4.69, 9.17) is 4.74 Å². The molecule has 2 aliphatic rings. The van der Waals surface area contributed by atoms with Gasteiger partial charge in [-0.05, 0) is 47.2 Å². The topological polar surface area (TPSA) is 95.9 Å². The Morgan fingerprint density at radius 2 is 1.57 bits per heavy atom. The number of anilines is 1. The molecule has 7 nitrogen and oxygen atoms in total. The zero-order chi connectivity index (χ0) is 24.5. The molecule has 2 atom stereocenters. The van der Waals surface area contributed by atoms with E-state index in [0.29, 0.717) is 12.1 Å².